The van der Waals surface area contributed by atoms with Crippen molar-refractivity contribution in [3.63, 3.8) is 0 Å². The average molecular weight is 180 g/mol. The molecule has 0 aromatic carbocycles. The first kappa shape index (κ1) is 7.92. The molecule has 1 aliphatic heterocycles. The Bertz CT molecular complexity index is 246. The summed E-state index contributed by atoms with van der Waals surface area (Å²) in [4.78, 5) is 0. The lowest BCUT2D eigenvalue weighted by Gasteiger charge is -2.05. The Morgan fingerprint density at radius 1 is 1.67 bits per heavy atom. The minimum absolute atomic E-state index is 0.799. The van der Waals surface area contributed by atoms with Gasteiger partial charge in [-0.1, -0.05) is 6.08 Å². The van der Waals surface area contributed by atoms with Gasteiger partial charge in [-0.05, 0) is 30.7 Å². The number of thioether (sulfide) groups is 1. The molecule has 1 unspecified atom stereocenters. The summed E-state index contributed by atoms with van der Waals surface area (Å²) in [6.07, 6.45) is 7.68. The predicted molar refractivity (Wildman–Crippen MR) is 52.0 cm³/mol. The molecule has 0 radical (unpaired) electrons. The highest BCUT2D eigenvalue weighted by atomic mass is 32.2. The molecule has 2 heterocycles. The standard InChI is InChI=1S/C9H12N2S/c1-2-9(12-7-1)4-3-8-5-6-10-11-8/h1,5-7,9H,2-4H2,(H,10,11). The third-order valence-corrected chi connectivity index (χ3v) is 3.22. The molecule has 0 amide bonds. The third kappa shape index (κ3) is 1.91. The lowest BCUT2D eigenvalue weighted by molar-refractivity contribution is 0.755. The summed E-state index contributed by atoms with van der Waals surface area (Å²) >= 11 is 1.95. The van der Waals surface area contributed by atoms with Gasteiger partial charge in [0.1, 0.15) is 0 Å². The Hall–Kier alpha value is -0.700. The van der Waals surface area contributed by atoms with Crippen LogP contribution in [0, 0.1) is 0 Å². The molecule has 0 saturated heterocycles. The van der Waals surface area contributed by atoms with E-state index in [1.807, 2.05) is 24.0 Å². The smallest absolute Gasteiger partial charge is 0.0490 e. The van der Waals surface area contributed by atoms with E-state index in [-0.39, 0.29) is 0 Å². The van der Waals surface area contributed by atoms with E-state index in [1.54, 1.807) is 0 Å². The number of rotatable bonds is 3. The van der Waals surface area contributed by atoms with E-state index in [1.165, 1.54) is 18.5 Å². The van der Waals surface area contributed by atoms with E-state index in [4.69, 9.17) is 0 Å². The van der Waals surface area contributed by atoms with Gasteiger partial charge in [-0.15, -0.1) is 11.8 Å². The Balaban J connectivity index is 1.75. The summed E-state index contributed by atoms with van der Waals surface area (Å²) in [5, 5.41) is 9.91. The van der Waals surface area contributed by atoms with E-state index >= 15 is 0 Å². The van der Waals surface area contributed by atoms with Gasteiger partial charge in [0.2, 0.25) is 0 Å². The van der Waals surface area contributed by atoms with Crippen LogP contribution < -0.4 is 0 Å². The molecule has 1 atom stereocenters. The molecule has 0 aliphatic carbocycles. The topological polar surface area (TPSA) is 28.7 Å². The molecule has 3 heteroatoms. The highest BCUT2D eigenvalue weighted by molar-refractivity contribution is 8.02. The number of H-pyrrole nitrogens is 1. The van der Waals surface area contributed by atoms with Gasteiger partial charge >= 0.3 is 0 Å². The quantitative estimate of drug-likeness (QED) is 0.773. The minimum atomic E-state index is 0.799. The molecule has 0 bridgehead atoms. The number of nitrogens with one attached hydrogen (secondary N) is 1. The van der Waals surface area contributed by atoms with Gasteiger partial charge in [0.05, 0.1) is 0 Å². The summed E-state index contributed by atoms with van der Waals surface area (Å²) in [6.45, 7) is 0. The first-order chi connectivity index (χ1) is 5.95. The van der Waals surface area contributed by atoms with E-state index in [2.05, 4.69) is 21.7 Å². The highest BCUT2D eigenvalue weighted by Crippen LogP contribution is 2.27. The maximum atomic E-state index is 3.92. The van der Waals surface area contributed by atoms with Crippen LogP contribution in [0.3, 0.4) is 0 Å². The van der Waals surface area contributed by atoms with Gasteiger partial charge in [0.15, 0.2) is 0 Å². The second kappa shape index (κ2) is 3.81. The van der Waals surface area contributed by atoms with Crippen molar-refractivity contribution in [1.82, 2.24) is 10.2 Å². The fraction of sp³-hybridized carbons (Fsp3) is 0.444. The van der Waals surface area contributed by atoms with Crippen LogP contribution in [0.15, 0.2) is 23.7 Å². The highest BCUT2D eigenvalue weighted by Gasteiger charge is 2.10. The van der Waals surface area contributed by atoms with Crippen molar-refractivity contribution >= 4 is 11.8 Å². The zero-order valence-corrected chi connectivity index (χ0v) is 7.68. The van der Waals surface area contributed by atoms with Crippen molar-refractivity contribution in [2.45, 2.75) is 24.5 Å². The molecule has 0 saturated carbocycles. The second-order valence-electron chi connectivity index (χ2n) is 2.99. The molecule has 1 aromatic rings. The van der Waals surface area contributed by atoms with Gasteiger partial charge in [-0.2, -0.15) is 5.10 Å². The van der Waals surface area contributed by atoms with Crippen molar-refractivity contribution in [3.05, 3.63) is 29.4 Å². The maximum Gasteiger partial charge on any atom is 0.0490 e. The summed E-state index contributed by atoms with van der Waals surface area (Å²) in [5.74, 6) is 0. The van der Waals surface area contributed by atoms with Crippen LogP contribution in [-0.4, -0.2) is 15.4 Å². The monoisotopic (exact) mass is 180 g/mol. The first-order valence-corrected chi connectivity index (χ1v) is 5.18. The number of aryl methyl sites for hydroxylation is 1. The molecule has 64 valence electrons. The summed E-state index contributed by atoms with van der Waals surface area (Å²) in [6, 6.07) is 2.05. The number of aromatic amines is 1. The van der Waals surface area contributed by atoms with Crippen molar-refractivity contribution in [2.75, 3.05) is 0 Å². The molecular formula is C9H12N2S. The van der Waals surface area contributed by atoms with Crippen LogP contribution in [-0.2, 0) is 6.42 Å². The van der Waals surface area contributed by atoms with Crippen LogP contribution in [0.1, 0.15) is 18.5 Å². The van der Waals surface area contributed by atoms with Crippen LogP contribution in [0.5, 0.6) is 0 Å². The molecule has 2 nitrogen and oxygen atoms in total. The zero-order chi connectivity index (χ0) is 8.23. The SMILES string of the molecule is C1=CSC(CCc2ccn[nH]2)C1. The van der Waals surface area contributed by atoms with Crippen LogP contribution in [0.2, 0.25) is 0 Å². The van der Waals surface area contributed by atoms with Crippen molar-refractivity contribution in [2.24, 2.45) is 0 Å². The van der Waals surface area contributed by atoms with Crippen LogP contribution in [0.25, 0.3) is 0 Å². The van der Waals surface area contributed by atoms with Crippen LogP contribution in [0.4, 0.5) is 0 Å². The molecular weight excluding hydrogens is 168 g/mol. The van der Waals surface area contributed by atoms with Crippen molar-refractivity contribution < 1.29 is 0 Å². The zero-order valence-electron chi connectivity index (χ0n) is 6.86. The summed E-state index contributed by atoms with van der Waals surface area (Å²) < 4.78 is 0. The molecule has 1 aliphatic rings. The van der Waals surface area contributed by atoms with E-state index in [9.17, 15) is 0 Å². The summed E-state index contributed by atoms with van der Waals surface area (Å²) in [5.41, 5.74) is 1.25. The molecule has 1 aromatic heterocycles. The lowest BCUT2D eigenvalue weighted by Crippen LogP contribution is -1.99. The number of allylic oxidation sites excluding steroid dienone is 1. The van der Waals surface area contributed by atoms with Crippen molar-refractivity contribution in [3.8, 4) is 0 Å². The number of aromatic nitrogens is 2. The normalized spacial score (nSPS) is 21.8. The maximum absolute atomic E-state index is 3.92. The van der Waals surface area contributed by atoms with Crippen LogP contribution >= 0.6 is 11.8 Å². The second-order valence-corrected chi connectivity index (χ2v) is 4.20. The number of hydrogen-bond acceptors (Lipinski definition) is 2. The Labute approximate surface area is 76.4 Å². The Morgan fingerprint density at radius 3 is 3.33 bits per heavy atom. The number of nitrogens with zero attached hydrogens (tertiary/aromatic N) is 1. The van der Waals surface area contributed by atoms with Crippen molar-refractivity contribution in [1.29, 1.82) is 0 Å². The van der Waals surface area contributed by atoms with Gasteiger partial charge in [0, 0.05) is 17.1 Å². The third-order valence-electron chi connectivity index (χ3n) is 2.06. The van der Waals surface area contributed by atoms with Gasteiger partial charge < -0.3 is 0 Å². The molecule has 0 spiro atoms. The minimum Gasteiger partial charge on any atom is -0.283 e. The van der Waals surface area contributed by atoms with Gasteiger partial charge in [-0.25, -0.2) is 0 Å². The predicted octanol–water partition coefficient (Wildman–Crippen LogP) is 2.36. The molecule has 1 N–H and O–H groups in total. The Kier molecular flexibility index (Phi) is 2.51. The lowest BCUT2D eigenvalue weighted by atomic mass is 10.1. The fourth-order valence-electron chi connectivity index (χ4n) is 1.36. The fourth-order valence-corrected chi connectivity index (χ4v) is 2.28. The number of hydrogen-bond donors (Lipinski definition) is 1. The van der Waals surface area contributed by atoms with Gasteiger partial charge in [0.25, 0.3) is 0 Å². The van der Waals surface area contributed by atoms with E-state index < -0.39 is 0 Å². The Morgan fingerprint density at radius 2 is 2.67 bits per heavy atom. The van der Waals surface area contributed by atoms with E-state index in [0.29, 0.717) is 0 Å². The largest absolute Gasteiger partial charge is 0.283 e. The average Bonchev–Trinajstić information content (AvgIpc) is 2.74. The summed E-state index contributed by atoms with van der Waals surface area (Å²) in [7, 11) is 0. The van der Waals surface area contributed by atoms with Gasteiger partial charge in [-0.3, -0.25) is 5.10 Å². The molecule has 0 fully saturated rings. The van der Waals surface area contributed by atoms with E-state index in [0.717, 1.165) is 11.7 Å². The molecule has 2 rings (SSSR count). The molecule has 12 heavy (non-hydrogen) atoms. The first-order valence-electron chi connectivity index (χ1n) is 4.24.